The molecule has 0 radical (unpaired) electrons. The Morgan fingerprint density at radius 1 is 1.54 bits per heavy atom. The molecule has 1 amide bonds. The molecule has 0 aromatic carbocycles. The van der Waals surface area contributed by atoms with Gasteiger partial charge in [-0.15, -0.1) is 0 Å². The first kappa shape index (κ1) is 10.3. The molecule has 1 aliphatic heterocycles. The number of cyclic esters (lactones) is 1. The Morgan fingerprint density at radius 2 is 2.38 bits per heavy atom. The lowest BCUT2D eigenvalue weighted by molar-refractivity contribution is 0.0864. The fraction of sp³-hybridized carbons (Fsp3) is 0.875. The van der Waals surface area contributed by atoms with Crippen molar-refractivity contribution >= 4 is 6.09 Å². The fourth-order valence-electron chi connectivity index (χ4n) is 1.15. The van der Waals surface area contributed by atoms with Crippen molar-refractivity contribution in [2.45, 2.75) is 6.42 Å². The molecule has 1 rings (SSSR count). The van der Waals surface area contributed by atoms with E-state index in [1.54, 1.807) is 4.90 Å². The van der Waals surface area contributed by atoms with Gasteiger partial charge < -0.3 is 19.5 Å². The highest BCUT2D eigenvalue weighted by molar-refractivity contribution is 5.69. The van der Waals surface area contributed by atoms with Crippen LogP contribution in [0.15, 0.2) is 0 Å². The SMILES string of the molecule is O=C1OCCN1CCCOCCO. The molecule has 5 heteroatoms. The highest BCUT2D eigenvalue weighted by Gasteiger charge is 2.20. The number of ether oxygens (including phenoxy) is 2. The molecule has 5 nitrogen and oxygen atoms in total. The lowest BCUT2D eigenvalue weighted by Gasteiger charge is -2.11. The van der Waals surface area contributed by atoms with Gasteiger partial charge in [-0.25, -0.2) is 4.79 Å². The number of hydrogen-bond donors (Lipinski definition) is 1. The van der Waals surface area contributed by atoms with E-state index in [1.807, 2.05) is 0 Å². The first-order valence-corrected chi connectivity index (χ1v) is 4.45. The zero-order chi connectivity index (χ0) is 9.52. The number of amides is 1. The summed E-state index contributed by atoms with van der Waals surface area (Å²) in [5, 5.41) is 8.41. The number of carbonyl (C=O) groups excluding carboxylic acids is 1. The minimum absolute atomic E-state index is 0.0474. The average Bonchev–Trinajstić information content (AvgIpc) is 2.52. The van der Waals surface area contributed by atoms with E-state index >= 15 is 0 Å². The van der Waals surface area contributed by atoms with Crippen LogP contribution in [0.4, 0.5) is 4.79 Å². The molecule has 76 valence electrons. The van der Waals surface area contributed by atoms with Crippen LogP contribution in [0.25, 0.3) is 0 Å². The van der Waals surface area contributed by atoms with Crippen LogP contribution in [0.2, 0.25) is 0 Å². The maximum Gasteiger partial charge on any atom is 0.409 e. The van der Waals surface area contributed by atoms with Gasteiger partial charge in [0.15, 0.2) is 0 Å². The van der Waals surface area contributed by atoms with Crippen LogP contribution in [0.1, 0.15) is 6.42 Å². The van der Waals surface area contributed by atoms with Gasteiger partial charge in [0.05, 0.1) is 19.8 Å². The molecule has 1 aliphatic rings. The quantitative estimate of drug-likeness (QED) is 0.590. The van der Waals surface area contributed by atoms with Crippen molar-refractivity contribution < 1.29 is 19.4 Å². The van der Waals surface area contributed by atoms with E-state index in [2.05, 4.69) is 0 Å². The molecule has 0 spiro atoms. The van der Waals surface area contributed by atoms with Gasteiger partial charge in [-0.1, -0.05) is 0 Å². The van der Waals surface area contributed by atoms with Gasteiger partial charge in [-0.2, -0.15) is 0 Å². The largest absolute Gasteiger partial charge is 0.448 e. The molecule has 1 saturated heterocycles. The maximum atomic E-state index is 10.9. The van der Waals surface area contributed by atoms with Gasteiger partial charge in [0.2, 0.25) is 0 Å². The number of carbonyl (C=O) groups is 1. The molecule has 0 saturated carbocycles. The van der Waals surface area contributed by atoms with Crippen LogP contribution in [0.5, 0.6) is 0 Å². The predicted molar refractivity (Wildman–Crippen MR) is 45.4 cm³/mol. The molecule has 0 aromatic rings. The lowest BCUT2D eigenvalue weighted by Crippen LogP contribution is -2.26. The summed E-state index contributed by atoms with van der Waals surface area (Å²) in [5.74, 6) is 0. The summed E-state index contributed by atoms with van der Waals surface area (Å²) in [6.45, 7) is 2.83. The average molecular weight is 189 g/mol. The van der Waals surface area contributed by atoms with Gasteiger partial charge in [-0.05, 0) is 6.42 Å². The van der Waals surface area contributed by atoms with E-state index in [4.69, 9.17) is 14.6 Å². The molecule has 0 aliphatic carbocycles. The minimum Gasteiger partial charge on any atom is -0.448 e. The molecular formula is C8H15NO4. The van der Waals surface area contributed by atoms with Crippen LogP contribution in [0.3, 0.4) is 0 Å². The molecule has 0 unspecified atom stereocenters. The molecule has 1 heterocycles. The van der Waals surface area contributed by atoms with E-state index in [-0.39, 0.29) is 12.7 Å². The highest BCUT2D eigenvalue weighted by Crippen LogP contribution is 2.03. The summed E-state index contributed by atoms with van der Waals surface area (Å²) in [4.78, 5) is 12.6. The Kier molecular flexibility index (Phi) is 4.56. The third-order valence-electron chi connectivity index (χ3n) is 1.80. The molecule has 13 heavy (non-hydrogen) atoms. The van der Waals surface area contributed by atoms with Gasteiger partial charge >= 0.3 is 6.09 Å². The number of hydrogen-bond acceptors (Lipinski definition) is 4. The third kappa shape index (κ3) is 3.61. The van der Waals surface area contributed by atoms with Crippen molar-refractivity contribution in [1.82, 2.24) is 4.90 Å². The van der Waals surface area contributed by atoms with Crippen LogP contribution in [-0.2, 0) is 9.47 Å². The van der Waals surface area contributed by atoms with Crippen molar-refractivity contribution in [3.8, 4) is 0 Å². The summed E-state index contributed by atoms with van der Waals surface area (Å²) >= 11 is 0. The van der Waals surface area contributed by atoms with Crippen molar-refractivity contribution in [3.63, 3.8) is 0 Å². The second kappa shape index (κ2) is 5.77. The van der Waals surface area contributed by atoms with E-state index in [9.17, 15) is 4.79 Å². The third-order valence-corrected chi connectivity index (χ3v) is 1.80. The summed E-state index contributed by atoms with van der Waals surface area (Å²) < 4.78 is 9.80. The van der Waals surface area contributed by atoms with E-state index < -0.39 is 0 Å². The molecule has 0 bridgehead atoms. The normalized spacial score (nSPS) is 16.4. The van der Waals surface area contributed by atoms with Crippen molar-refractivity contribution in [1.29, 1.82) is 0 Å². The number of aliphatic hydroxyl groups is 1. The molecule has 1 fully saturated rings. The Balaban J connectivity index is 1.96. The molecular weight excluding hydrogens is 174 g/mol. The van der Waals surface area contributed by atoms with Crippen molar-refractivity contribution in [2.24, 2.45) is 0 Å². The Bertz CT molecular complexity index is 162. The first-order chi connectivity index (χ1) is 6.34. The summed E-state index contributed by atoms with van der Waals surface area (Å²) in [6.07, 6.45) is 0.553. The van der Waals surface area contributed by atoms with E-state index in [0.29, 0.717) is 32.9 Å². The summed E-state index contributed by atoms with van der Waals surface area (Å²) in [5.41, 5.74) is 0. The topological polar surface area (TPSA) is 59.0 Å². The van der Waals surface area contributed by atoms with Gasteiger partial charge in [0.25, 0.3) is 0 Å². The standard InChI is InChI=1S/C8H15NO4/c10-4-7-12-5-1-2-9-3-6-13-8(9)11/h10H,1-7H2. The number of aliphatic hydroxyl groups excluding tert-OH is 1. The predicted octanol–water partition coefficient (Wildman–Crippen LogP) is -0.162. The summed E-state index contributed by atoms with van der Waals surface area (Å²) in [7, 11) is 0. The molecule has 0 aromatic heterocycles. The van der Waals surface area contributed by atoms with Crippen LogP contribution < -0.4 is 0 Å². The first-order valence-electron chi connectivity index (χ1n) is 4.45. The molecule has 1 N–H and O–H groups in total. The zero-order valence-electron chi connectivity index (χ0n) is 7.57. The fourth-order valence-corrected chi connectivity index (χ4v) is 1.15. The van der Waals surface area contributed by atoms with Crippen molar-refractivity contribution in [2.75, 3.05) is 39.5 Å². The van der Waals surface area contributed by atoms with Crippen LogP contribution in [0, 0.1) is 0 Å². The maximum absolute atomic E-state index is 10.9. The van der Waals surface area contributed by atoms with Crippen molar-refractivity contribution in [3.05, 3.63) is 0 Å². The Labute approximate surface area is 77.2 Å². The van der Waals surface area contributed by atoms with E-state index in [1.165, 1.54) is 0 Å². The lowest BCUT2D eigenvalue weighted by atomic mass is 10.4. The van der Waals surface area contributed by atoms with Gasteiger partial charge in [-0.3, -0.25) is 0 Å². The second-order valence-electron chi connectivity index (χ2n) is 2.79. The van der Waals surface area contributed by atoms with Crippen LogP contribution >= 0.6 is 0 Å². The minimum atomic E-state index is -0.234. The monoisotopic (exact) mass is 189 g/mol. The zero-order valence-corrected chi connectivity index (χ0v) is 7.57. The van der Waals surface area contributed by atoms with Gasteiger partial charge in [0, 0.05) is 13.2 Å². The Morgan fingerprint density at radius 3 is 3.00 bits per heavy atom. The second-order valence-corrected chi connectivity index (χ2v) is 2.79. The Hall–Kier alpha value is -0.810. The highest BCUT2D eigenvalue weighted by atomic mass is 16.6. The molecule has 0 atom stereocenters. The smallest absolute Gasteiger partial charge is 0.409 e. The van der Waals surface area contributed by atoms with Crippen LogP contribution in [-0.4, -0.2) is 55.6 Å². The van der Waals surface area contributed by atoms with Gasteiger partial charge in [0.1, 0.15) is 6.61 Å². The number of rotatable bonds is 6. The van der Waals surface area contributed by atoms with E-state index in [0.717, 1.165) is 6.42 Å². The number of nitrogens with zero attached hydrogens (tertiary/aromatic N) is 1. The summed E-state index contributed by atoms with van der Waals surface area (Å²) in [6, 6.07) is 0.